The molecule has 22 heavy (non-hydrogen) atoms. The highest BCUT2D eigenvalue weighted by Crippen LogP contribution is 2.39. The van der Waals surface area contributed by atoms with Gasteiger partial charge < -0.3 is 14.8 Å². The fraction of sp³-hybridized carbons (Fsp3) is 0.562. The van der Waals surface area contributed by atoms with E-state index in [-0.39, 0.29) is 0 Å². The molecule has 2 aliphatic rings. The molecule has 116 valence electrons. The Kier molecular flexibility index (Phi) is 3.48. The summed E-state index contributed by atoms with van der Waals surface area (Å²) in [6.07, 6.45) is 7.88. The van der Waals surface area contributed by atoms with Crippen LogP contribution < -0.4 is 10.0 Å². The van der Waals surface area contributed by atoms with Crippen LogP contribution in [0.2, 0.25) is 0 Å². The third kappa shape index (κ3) is 2.26. The summed E-state index contributed by atoms with van der Waals surface area (Å²) in [6, 6.07) is 0. The first-order valence-corrected chi connectivity index (χ1v) is 8.76. The van der Waals surface area contributed by atoms with E-state index in [4.69, 9.17) is 0 Å². The number of aryl methyl sites for hydroxylation is 2. The van der Waals surface area contributed by atoms with Crippen LogP contribution in [0.4, 0.5) is 5.82 Å². The Hall–Kier alpha value is -1.69. The van der Waals surface area contributed by atoms with Crippen molar-refractivity contribution in [2.75, 3.05) is 18.0 Å². The molecule has 0 amide bonds. The largest absolute Gasteiger partial charge is 0.550 e. The first-order chi connectivity index (χ1) is 10.7. The molecule has 4 rings (SSSR count). The SMILES string of the molecule is O=C([O-])[C@@H]1CCCN(c2ncnc3sc4c(c23)CCCC4)C1. The van der Waals surface area contributed by atoms with E-state index in [1.54, 1.807) is 17.7 Å². The van der Waals surface area contributed by atoms with Crippen LogP contribution in [0.25, 0.3) is 10.2 Å². The van der Waals surface area contributed by atoms with E-state index in [0.717, 1.165) is 36.5 Å². The normalized spacial score (nSPS) is 21.8. The monoisotopic (exact) mass is 316 g/mol. The molecular weight excluding hydrogens is 298 g/mol. The van der Waals surface area contributed by atoms with E-state index in [1.165, 1.54) is 28.7 Å². The van der Waals surface area contributed by atoms with Gasteiger partial charge in [0.2, 0.25) is 0 Å². The fourth-order valence-electron chi connectivity index (χ4n) is 3.68. The van der Waals surface area contributed by atoms with Crippen LogP contribution in [0, 0.1) is 5.92 Å². The van der Waals surface area contributed by atoms with Crippen LogP contribution in [0.3, 0.4) is 0 Å². The number of piperidine rings is 1. The Balaban J connectivity index is 1.78. The highest BCUT2D eigenvalue weighted by Gasteiger charge is 2.26. The second kappa shape index (κ2) is 5.50. The fourth-order valence-corrected chi connectivity index (χ4v) is 4.90. The minimum Gasteiger partial charge on any atom is -0.550 e. The van der Waals surface area contributed by atoms with Gasteiger partial charge in [0, 0.05) is 29.9 Å². The Morgan fingerprint density at radius 1 is 1.27 bits per heavy atom. The van der Waals surface area contributed by atoms with E-state index in [2.05, 4.69) is 14.9 Å². The Labute approximate surface area is 133 Å². The number of aromatic nitrogens is 2. The molecule has 0 saturated carbocycles. The molecule has 0 aromatic carbocycles. The van der Waals surface area contributed by atoms with Crippen LogP contribution >= 0.6 is 11.3 Å². The van der Waals surface area contributed by atoms with Gasteiger partial charge in [-0.15, -0.1) is 11.3 Å². The van der Waals surface area contributed by atoms with Gasteiger partial charge in [-0.05, 0) is 44.1 Å². The Morgan fingerprint density at radius 3 is 3.00 bits per heavy atom. The molecule has 1 fully saturated rings. The number of hydrogen-bond donors (Lipinski definition) is 0. The Bertz CT molecular complexity index is 727. The molecular formula is C16H18N3O2S-. The zero-order valence-electron chi connectivity index (χ0n) is 12.4. The lowest BCUT2D eigenvalue weighted by Gasteiger charge is -2.34. The van der Waals surface area contributed by atoms with Crippen LogP contribution in [-0.4, -0.2) is 29.0 Å². The molecule has 1 atom stereocenters. The number of thiophene rings is 1. The van der Waals surface area contributed by atoms with Gasteiger partial charge in [0.15, 0.2) is 0 Å². The minimum atomic E-state index is -0.942. The van der Waals surface area contributed by atoms with E-state index in [0.29, 0.717) is 13.0 Å². The summed E-state index contributed by atoms with van der Waals surface area (Å²) in [7, 11) is 0. The van der Waals surface area contributed by atoms with Crippen LogP contribution in [0.15, 0.2) is 6.33 Å². The topological polar surface area (TPSA) is 69.2 Å². The van der Waals surface area contributed by atoms with Crippen molar-refractivity contribution < 1.29 is 9.90 Å². The molecule has 0 bridgehead atoms. The van der Waals surface area contributed by atoms with Gasteiger partial charge in [0.25, 0.3) is 0 Å². The van der Waals surface area contributed by atoms with Crippen molar-refractivity contribution in [3.8, 4) is 0 Å². The van der Waals surface area contributed by atoms with Crippen LogP contribution in [-0.2, 0) is 17.6 Å². The highest BCUT2D eigenvalue weighted by atomic mass is 32.1. The number of aliphatic carboxylic acids is 1. The quantitative estimate of drug-likeness (QED) is 0.840. The molecule has 2 aromatic rings. The minimum absolute atomic E-state index is 0.395. The van der Waals surface area contributed by atoms with Crippen molar-refractivity contribution in [1.82, 2.24) is 9.97 Å². The number of hydrogen-bond acceptors (Lipinski definition) is 6. The van der Waals surface area contributed by atoms with E-state index < -0.39 is 11.9 Å². The zero-order valence-corrected chi connectivity index (χ0v) is 13.2. The maximum atomic E-state index is 11.2. The molecule has 0 spiro atoms. The lowest BCUT2D eigenvalue weighted by atomic mass is 9.95. The number of anilines is 1. The van der Waals surface area contributed by atoms with Gasteiger partial charge in [0.1, 0.15) is 17.0 Å². The predicted molar refractivity (Wildman–Crippen MR) is 84.0 cm³/mol. The van der Waals surface area contributed by atoms with Crippen molar-refractivity contribution >= 4 is 33.3 Å². The van der Waals surface area contributed by atoms with Gasteiger partial charge in [0.05, 0.1) is 5.39 Å². The number of carbonyl (C=O) groups is 1. The highest BCUT2D eigenvalue weighted by molar-refractivity contribution is 7.19. The molecule has 6 heteroatoms. The summed E-state index contributed by atoms with van der Waals surface area (Å²) in [4.78, 5) is 24.8. The maximum Gasteiger partial charge on any atom is 0.141 e. The van der Waals surface area contributed by atoms with E-state index in [1.807, 2.05) is 0 Å². The average Bonchev–Trinajstić information content (AvgIpc) is 2.93. The summed E-state index contributed by atoms with van der Waals surface area (Å²) in [6.45, 7) is 1.36. The molecule has 1 saturated heterocycles. The van der Waals surface area contributed by atoms with Crippen molar-refractivity contribution in [3.63, 3.8) is 0 Å². The molecule has 5 nitrogen and oxygen atoms in total. The van der Waals surface area contributed by atoms with E-state index >= 15 is 0 Å². The van der Waals surface area contributed by atoms with Gasteiger partial charge in [-0.3, -0.25) is 0 Å². The Morgan fingerprint density at radius 2 is 2.14 bits per heavy atom. The molecule has 1 aliphatic heterocycles. The molecule has 1 aliphatic carbocycles. The van der Waals surface area contributed by atoms with Crippen molar-refractivity contribution in [3.05, 3.63) is 16.8 Å². The summed E-state index contributed by atoms with van der Waals surface area (Å²) >= 11 is 1.78. The van der Waals surface area contributed by atoms with Gasteiger partial charge >= 0.3 is 0 Å². The second-order valence-electron chi connectivity index (χ2n) is 6.19. The van der Waals surface area contributed by atoms with Gasteiger partial charge in [-0.1, -0.05) is 0 Å². The number of nitrogens with zero attached hydrogens (tertiary/aromatic N) is 3. The van der Waals surface area contributed by atoms with Crippen molar-refractivity contribution in [1.29, 1.82) is 0 Å². The summed E-state index contributed by atoms with van der Waals surface area (Å²) in [5.41, 5.74) is 1.40. The number of carboxylic acids is 1. The third-order valence-electron chi connectivity index (χ3n) is 4.79. The number of fused-ring (bicyclic) bond motifs is 3. The number of rotatable bonds is 2. The number of carboxylic acid groups (broad SMARTS) is 1. The van der Waals surface area contributed by atoms with E-state index in [9.17, 15) is 9.90 Å². The summed E-state index contributed by atoms with van der Waals surface area (Å²) in [5.74, 6) is -0.411. The van der Waals surface area contributed by atoms with Crippen LogP contribution in [0.5, 0.6) is 0 Å². The predicted octanol–water partition coefficient (Wildman–Crippen LogP) is 1.54. The second-order valence-corrected chi connectivity index (χ2v) is 7.28. The first-order valence-electron chi connectivity index (χ1n) is 7.95. The summed E-state index contributed by atoms with van der Waals surface area (Å²) < 4.78 is 0. The standard InChI is InChI=1S/C16H19N3O2S/c20-16(21)10-4-3-7-19(8-10)14-13-11-5-1-2-6-12(11)22-15(13)18-9-17-14/h9-10H,1-8H2,(H,20,21)/p-1/t10-/m1/s1. The summed E-state index contributed by atoms with van der Waals surface area (Å²) in [5, 5.41) is 12.4. The number of carbonyl (C=O) groups excluding carboxylic acids is 1. The molecule has 0 radical (unpaired) electrons. The van der Waals surface area contributed by atoms with Crippen LogP contribution in [0.1, 0.15) is 36.1 Å². The smallest absolute Gasteiger partial charge is 0.141 e. The molecule has 0 N–H and O–H groups in total. The van der Waals surface area contributed by atoms with Crippen molar-refractivity contribution in [2.45, 2.75) is 38.5 Å². The average molecular weight is 316 g/mol. The molecule has 0 unspecified atom stereocenters. The lowest BCUT2D eigenvalue weighted by molar-refractivity contribution is -0.311. The maximum absolute atomic E-state index is 11.2. The third-order valence-corrected chi connectivity index (χ3v) is 5.99. The lowest BCUT2D eigenvalue weighted by Crippen LogP contribution is -2.44. The molecule has 2 aromatic heterocycles. The van der Waals surface area contributed by atoms with Gasteiger partial charge in [-0.2, -0.15) is 0 Å². The van der Waals surface area contributed by atoms with Gasteiger partial charge in [-0.25, -0.2) is 9.97 Å². The van der Waals surface area contributed by atoms with Crippen molar-refractivity contribution in [2.24, 2.45) is 5.92 Å². The zero-order chi connectivity index (χ0) is 15.1. The molecule has 3 heterocycles. The first kappa shape index (κ1) is 13.9.